The highest BCUT2D eigenvalue weighted by Gasteiger charge is 2.74. The van der Waals surface area contributed by atoms with E-state index >= 15 is 0 Å². The number of amides is 3. The smallest absolute Gasteiger partial charge is 0.250 e. The van der Waals surface area contributed by atoms with Crippen LogP contribution in [0.2, 0.25) is 0 Å². The first-order valence-corrected chi connectivity index (χ1v) is 12.0. The molecule has 4 atom stereocenters. The molecule has 5 heterocycles. The lowest BCUT2D eigenvalue weighted by atomic mass is 9.75. The Labute approximate surface area is 196 Å². The number of likely N-dealkylation sites (tertiary alicyclic amines) is 1. The Kier molecular flexibility index (Phi) is 4.02. The average molecular weight is 460 g/mol. The summed E-state index contributed by atoms with van der Waals surface area (Å²) in [6.45, 7) is 3.09. The van der Waals surface area contributed by atoms with E-state index in [0.29, 0.717) is 18.0 Å². The van der Waals surface area contributed by atoms with Crippen LogP contribution in [0.1, 0.15) is 36.5 Å². The highest BCUT2D eigenvalue weighted by Crippen LogP contribution is 2.60. The van der Waals surface area contributed by atoms with Gasteiger partial charge >= 0.3 is 0 Å². The third-order valence-corrected chi connectivity index (χ3v) is 8.36. The van der Waals surface area contributed by atoms with Gasteiger partial charge in [-0.15, -0.1) is 0 Å². The van der Waals surface area contributed by atoms with Crippen LogP contribution < -0.4 is 14.8 Å². The zero-order valence-electron chi connectivity index (χ0n) is 18.9. The Morgan fingerprint density at radius 2 is 1.94 bits per heavy atom. The van der Waals surface area contributed by atoms with E-state index in [-0.39, 0.29) is 37.1 Å². The van der Waals surface area contributed by atoms with Gasteiger partial charge in [-0.2, -0.15) is 0 Å². The Morgan fingerprint density at radius 1 is 1.09 bits per heavy atom. The third-order valence-electron chi connectivity index (χ3n) is 8.36. The highest BCUT2D eigenvalue weighted by atomic mass is 16.7. The minimum atomic E-state index is -1.12. The molecule has 4 unspecified atom stereocenters. The molecule has 2 aromatic rings. The number of carbonyl (C=O) groups excluding carboxylic acids is 3. The number of hydrogen-bond donors (Lipinski definition) is 1. The molecular weight excluding hydrogens is 434 g/mol. The van der Waals surface area contributed by atoms with E-state index in [1.165, 1.54) is 4.90 Å². The number of carbonyl (C=O) groups is 3. The lowest BCUT2D eigenvalue weighted by Crippen LogP contribution is -2.54. The summed E-state index contributed by atoms with van der Waals surface area (Å²) in [5, 5.41) is 3.11. The van der Waals surface area contributed by atoms with Gasteiger partial charge in [0.2, 0.25) is 24.5 Å². The topological polar surface area (TPSA) is 88.2 Å². The van der Waals surface area contributed by atoms with Crippen LogP contribution >= 0.6 is 0 Å². The molecule has 7 rings (SSSR count). The Hall–Kier alpha value is -3.39. The highest BCUT2D eigenvalue weighted by molar-refractivity contribution is 6.15. The van der Waals surface area contributed by atoms with Crippen molar-refractivity contribution in [2.24, 2.45) is 11.8 Å². The van der Waals surface area contributed by atoms with E-state index in [2.05, 4.69) is 17.1 Å². The number of anilines is 1. The summed E-state index contributed by atoms with van der Waals surface area (Å²) >= 11 is 0. The van der Waals surface area contributed by atoms with E-state index < -0.39 is 17.4 Å². The van der Waals surface area contributed by atoms with Gasteiger partial charge in [-0.05, 0) is 49.1 Å². The van der Waals surface area contributed by atoms with Crippen molar-refractivity contribution < 1.29 is 23.9 Å². The molecule has 3 saturated heterocycles. The van der Waals surface area contributed by atoms with Crippen LogP contribution in [-0.2, 0) is 32.9 Å². The van der Waals surface area contributed by atoms with Gasteiger partial charge in [0.25, 0.3) is 0 Å². The van der Waals surface area contributed by atoms with Crippen LogP contribution in [0.15, 0.2) is 36.4 Å². The summed E-state index contributed by atoms with van der Waals surface area (Å²) in [6, 6.07) is 11.3. The van der Waals surface area contributed by atoms with Gasteiger partial charge in [0.15, 0.2) is 11.5 Å². The van der Waals surface area contributed by atoms with Crippen molar-refractivity contribution in [3.63, 3.8) is 0 Å². The zero-order valence-corrected chi connectivity index (χ0v) is 18.9. The van der Waals surface area contributed by atoms with Crippen molar-refractivity contribution in [3.8, 4) is 11.5 Å². The fraction of sp³-hybridized carbons (Fsp3) is 0.423. The van der Waals surface area contributed by atoms with Crippen LogP contribution in [-0.4, -0.2) is 46.9 Å². The largest absolute Gasteiger partial charge is 0.454 e. The molecule has 5 aliphatic rings. The van der Waals surface area contributed by atoms with Gasteiger partial charge in [-0.1, -0.05) is 31.2 Å². The van der Waals surface area contributed by atoms with Crippen LogP contribution in [0, 0.1) is 11.8 Å². The maximum atomic E-state index is 14.0. The molecule has 0 radical (unpaired) electrons. The monoisotopic (exact) mass is 459 g/mol. The summed E-state index contributed by atoms with van der Waals surface area (Å²) in [5.74, 6) is -0.550. The van der Waals surface area contributed by atoms with Crippen molar-refractivity contribution in [2.45, 2.75) is 44.3 Å². The lowest BCUT2D eigenvalue weighted by Gasteiger charge is -2.36. The number of rotatable bonds is 3. The quantitative estimate of drug-likeness (QED) is 0.710. The maximum Gasteiger partial charge on any atom is 0.250 e. The van der Waals surface area contributed by atoms with Gasteiger partial charge in [-0.25, -0.2) is 0 Å². The summed E-state index contributed by atoms with van der Waals surface area (Å²) in [4.78, 5) is 45.0. The molecule has 0 aromatic heterocycles. The van der Waals surface area contributed by atoms with E-state index in [9.17, 15) is 14.4 Å². The molecule has 2 aromatic carbocycles. The zero-order chi connectivity index (χ0) is 23.2. The maximum absolute atomic E-state index is 14.0. The van der Waals surface area contributed by atoms with Crippen molar-refractivity contribution in [1.82, 2.24) is 9.80 Å². The second-order valence-electron chi connectivity index (χ2n) is 9.77. The molecule has 1 spiro atoms. The normalized spacial score (nSPS) is 30.8. The summed E-state index contributed by atoms with van der Waals surface area (Å²) < 4.78 is 10.9. The minimum Gasteiger partial charge on any atom is -0.454 e. The van der Waals surface area contributed by atoms with E-state index in [4.69, 9.17) is 9.47 Å². The molecule has 34 heavy (non-hydrogen) atoms. The SMILES string of the molecule is CCc1cccc2c1NC(=O)C21C2C(=O)N(Cc3ccc4c(c3)OCO4)C(=O)C2C2CCCN21. The first-order chi connectivity index (χ1) is 16.6. The fourth-order valence-electron chi connectivity index (χ4n) is 7.02. The number of nitrogens with zero attached hydrogens (tertiary/aromatic N) is 2. The van der Waals surface area contributed by atoms with Crippen molar-refractivity contribution in [3.05, 3.63) is 53.1 Å². The van der Waals surface area contributed by atoms with Crippen molar-refractivity contribution >= 4 is 23.4 Å². The predicted molar refractivity (Wildman–Crippen MR) is 121 cm³/mol. The molecule has 8 nitrogen and oxygen atoms in total. The van der Waals surface area contributed by atoms with Crippen molar-refractivity contribution in [2.75, 3.05) is 18.7 Å². The Balaban J connectivity index is 1.33. The number of fused-ring (bicyclic) bond motifs is 8. The number of imide groups is 1. The molecule has 0 aliphatic carbocycles. The number of ether oxygens (including phenoxy) is 2. The summed E-state index contributed by atoms with van der Waals surface area (Å²) in [5.41, 5.74) is 2.39. The Morgan fingerprint density at radius 3 is 2.79 bits per heavy atom. The molecule has 1 N–H and O–H groups in total. The van der Waals surface area contributed by atoms with Crippen LogP contribution in [0.4, 0.5) is 5.69 Å². The van der Waals surface area contributed by atoms with E-state index in [1.54, 1.807) is 6.07 Å². The van der Waals surface area contributed by atoms with Crippen LogP contribution in [0.3, 0.4) is 0 Å². The second kappa shape index (κ2) is 6.82. The van der Waals surface area contributed by atoms with Gasteiger partial charge < -0.3 is 14.8 Å². The second-order valence-corrected chi connectivity index (χ2v) is 9.77. The molecular formula is C26H25N3O5. The summed E-state index contributed by atoms with van der Waals surface area (Å²) in [6.07, 6.45) is 2.51. The summed E-state index contributed by atoms with van der Waals surface area (Å²) in [7, 11) is 0. The molecule has 174 valence electrons. The molecule has 0 saturated carbocycles. The number of nitrogens with one attached hydrogen (secondary N) is 1. The van der Waals surface area contributed by atoms with Crippen LogP contribution in [0.25, 0.3) is 0 Å². The third kappa shape index (κ3) is 2.29. The number of para-hydroxylation sites is 1. The van der Waals surface area contributed by atoms with E-state index in [0.717, 1.165) is 41.6 Å². The molecule has 3 amide bonds. The van der Waals surface area contributed by atoms with E-state index in [1.807, 2.05) is 30.3 Å². The number of aryl methyl sites for hydroxylation is 1. The lowest BCUT2D eigenvalue weighted by molar-refractivity contribution is -0.146. The number of hydrogen-bond acceptors (Lipinski definition) is 6. The van der Waals surface area contributed by atoms with Crippen molar-refractivity contribution in [1.29, 1.82) is 0 Å². The van der Waals surface area contributed by atoms with Gasteiger partial charge in [0.05, 0.1) is 18.4 Å². The Bertz CT molecular complexity index is 1280. The average Bonchev–Trinajstić information content (AvgIpc) is 3.63. The molecule has 5 aliphatic heterocycles. The standard InChI is InChI=1S/C26H25N3O5/c1-2-15-5-3-6-16-22(15)27-25(32)26(16)21-20(17-7-4-10-29(17)26)23(30)28(24(21)31)12-14-8-9-18-19(11-14)34-13-33-18/h3,5-6,8-9,11,17,20-21H,2,4,7,10,12-13H2,1H3,(H,27,32). The first kappa shape index (κ1) is 20.0. The minimum absolute atomic E-state index is 0.106. The predicted octanol–water partition coefficient (Wildman–Crippen LogP) is 2.40. The van der Waals surface area contributed by atoms with Gasteiger partial charge in [-0.3, -0.25) is 24.2 Å². The van der Waals surface area contributed by atoms with Crippen LogP contribution in [0.5, 0.6) is 11.5 Å². The van der Waals surface area contributed by atoms with Gasteiger partial charge in [0, 0.05) is 17.3 Å². The molecule has 0 bridgehead atoms. The fourth-order valence-corrected chi connectivity index (χ4v) is 7.02. The van der Waals surface area contributed by atoms with Gasteiger partial charge in [0.1, 0.15) is 5.54 Å². The number of benzene rings is 2. The molecule has 8 heteroatoms. The molecule has 3 fully saturated rings. The first-order valence-electron chi connectivity index (χ1n) is 12.0.